The number of hydrogen-bond acceptors (Lipinski definition) is 8. The topological polar surface area (TPSA) is 51.1 Å². The van der Waals surface area contributed by atoms with E-state index in [1.54, 1.807) is 34.4 Å². The predicted octanol–water partition coefficient (Wildman–Crippen LogP) is 4.10. The first kappa shape index (κ1) is 17.0. The number of thiazole rings is 1. The van der Waals surface area contributed by atoms with E-state index in [4.69, 9.17) is 9.72 Å². The number of rotatable bonds is 5. The molecular weight excluding hydrogens is 372 g/mol. The van der Waals surface area contributed by atoms with Crippen molar-refractivity contribution in [1.82, 2.24) is 15.2 Å². The average Bonchev–Trinajstić information content (AvgIpc) is 3.31. The highest BCUT2D eigenvalue weighted by Crippen LogP contribution is 2.32. The molecule has 25 heavy (non-hydrogen) atoms. The number of morpholine rings is 1. The molecule has 0 radical (unpaired) electrons. The zero-order valence-electron chi connectivity index (χ0n) is 13.8. The third kappa shape index (κ3) is 4.20. The summed E-state index contributed by atoms with van der Waals surface area (Å²) in [6.45, 7) is 5.42. The summed E-state index contributed by atoms with van der Waals surface area (Å²) in [6, 6.07) is 8.51. The van der Waals surface area contributed by atoms with Crippen LogP contribution in [0.5, 0.6) is 0 Å². The summed E-state index contributed by atoms with van der Waals surface area (Å²) in [5.74, 6) is 0.820. The summed E-state index contributed by atoms with van der Waals surface area (Å²) in [5, 5.41) is 12.8. The molecule has 1 fully saturated rings. The third-order valence-electron chi connectivity index (χ3n) is 3.87. The molecule has 4 rings (SSSR count). The van der Waals surface area contributed by atoms with Gasteiger partial charge in [0.25, 0.3) is 0 Å². The van der Waals surface area contributed by atoms with E-state index in [0.717, 1.165) is 52.2 Å². The number of aromatic nitrogens is 3. The van der Waals surface area contributed by atoms with Crippen LogP contribution >= 0.6 is 34.4 Å². The molecule has 3 aromatic rings. The SMILES string of the molecule is Cc1ccc(-c2nc(CSc3nnc(N4CCOCC4)s3)cs2)cc1. The summed E-state index contributed by atoms with van der Waals surface area (Å²) in [6.07, 6.45) is 0. The summed E-state index contributed by atoms with van der Waals surface area (Å²) in [4.78, 5) is 6.99. The lowest BCUT2D eigenvalue weighted by Crippen LogP contribution is -2.36. The smallest absolute Gasteiger partial charge is 0.209 e. The first-order valence-electron chi connectivity index (χ1n) is 8.08. The Balaban J connectivity index is 1.37. The van der Waals surface area contributed by atoms with Crippen LogP contribution in [0.1, 0.15) is 11.3 Å². The van der Waals surface area contributed by atoms with E-state index >= 15 is 0 Å². The normalized spacial score (nSPS) is 14.8. The van der Waals surface area contributed by atoms with E-state index < -0.39 is 0 Å². The third-order valence-corrected chi connectivity index (χ3v) is 6.96. The minimum Gasteiger partial charge on any atom is -0.378 e. The van der Waals surface area contributed by atoms with Crippen molar-refractivity contribution in [1.29, 1.82) is 0 Å². The molecule has 1 aliphatic rings. The van der Waals surface area contributed by atoms with Gasteiger partial charge in [-0.1, -0.05) is 52.9 Å². The fourth-order valence-corrected chi connectivity index (χ4v) is 5.20. The number of thioether (sulfide) groups is 1. The molecule has 1 saturated heterocycles. The predicted molar refractivity (Wildman–Crippen MR) is 105 cm³/mol. The van der Waals surface area contributed by atoms with Gasteiger partial charge < -0.3 is 9.64 Å². The largest absolute Gasteiger partial charge is 0.378 e. The van der Waals surface area contributed by atoms with Crippen LogP contribution in [0.4, 0.5) is 5.13 Å². The van der Waals surface area contributed by atoms with Crippen molar-refractivity contribution >= 4 is 39.6 Å². The molecule has 130 valence electrons. The second kappa shape index (κ2) is 7.82. The number of anilines is 1. The van der Waals surface area contributed by atoms with Crippen molar-refractivity contribution in [3.05, 3.63) is 40.9 Å². The summed E-state index contributed by atoms with van der Waals surface area (Å²) < 4.78 is 6.37. The zero-order chi connectivity index (χ0) is 17.1. The fourth-order valence-electron chi connectivity index (χ4n) is 2.48. The molecule has 0 saturated carbocycles. The van der Waals surface area contributed by atoms with Crippen LogP contribution in [0.25, 0.3) is 10.6 Å². The molecule has 0 bridgehead atoms. The van der Waals surface area contributed by atoms with Crippen LogP contribution in [-0.4, -0.2) is 41.5 Å². The molecule has 0 spiro atoms. The van der Waals surface area contributed by atoms with E-state index in [0.29, 0.717) is 0 Å². The lowest BCUT2D eigenvalue weighted by Gasteiger charge is -2.25. The van der Waals surface area contributed by atoms with E-state index in [9.17, 15) is 0 Å². The maximum atomic E-state index is 5.38. The maximum Gasteiger partial charge on any atom is 0.209 e. The van der Waals surface area contributed by atoms with Crippen molar-refractivity contribution in [3.63, 3.8) is 0 Å². The first-order valence-corrected chi connectivity index (χ1v) is 10.8. The Hall–Kier alpha value is -1.48. The van der Waals surface area contributed by atoms with Gasteiger partial charge in [0, 0.05) is 29.8 Å². The van der Waals surface area contributed by atoms with E-state index in [1.807, 2.05) is 0 Å². The summed E-state index contributed by atoms with van der Waals surface area (Å²) in [5.41, 5.74) is 3.54. The molecule has 0 amide bonds. The van der Waals surface area contributed by atoms with Crippen LogP contribution in [-0.2, 0) is 10.5 Å². The van der Waals surface area contributed by atoms with Gasteiger partial charge in [0.15, 0.2) is 4.34 Å². The molecule has 0 unspecified atom stereocenters. The Bertz CT molecular complexity index is 825. The molecule has 5 nitrogen and oxygen atoms in total. The van der Waals surface area contributed by atoms with Gasteiger partial charge in [-0.15, -0.1) is 21.5 Å². The quantitative estimate of drug-likeness (QED) is 0.612. The molecule has 3 heterocycles. The highest BCUT2D eigenvalue weighted by atomic mass is 32.2. The van der Waals surface area contributed by atoms with Crippen LogP contribution in [0.15, 0.2) is 34.0 Å². The van der Waals surface area contributed by atoms with Gasteiger partial charge >= 0.3 is 0 Å². The Labute approximate surface area is 159 Å². The second-order valence-electron chi connectivity index (χ2n) is 5.75. The molecule has 8 heteroatoms. The number of ether oxygens (including phenoxy) is 1. The van der Waals surface area contributed by atoms with Gasteiger partial charge in [0.1, 0.15) is 5.01 Å². The van der Waals surface area contributed by atoms with Crippen LogP contribution in [0.3, 0.4) is 0 Å². The number of aryl methyl sites for hydroxylation is 1. The molecule has 0 N–H and O–H groups in total. The van der Waals surface area contributed by atoms with Gasteiger partial charge in [-0.3, -0.25) is 0 Å². The van der Waals surface area contributed by atoms with Crippen molar-refractivity contribution in [2.75, 3.05) is 31.2 Å². The minimum atomic E-state index is 0.767. The maximum absolute atomic E-state index is 5.38. The van der Waals surface area contributed by atoms with Crippen molar-refractivity contribution in [2.45, 2.75) is 17.0 Å². The Morgan fingerprint density at radius 2 is 1.96 bits per heavy atom. The summed E-state index contributed by atoms with van der Waals surface area (Å²) >= 11 is 5.04. The Kier molecular flexibility index (Phi) is 5.30. The highest BCUT2D eigenvalue weighted by Gasteiger charge is 2.16. The molecule has 2 aromatic heterocycles. The van der Waals surface area contributed by atoms with Crippen LogP contribution in [0.2, 0.25) is 0 Å². The minimum absolute atomic E-state index is 0.767. The molecular formula is C17H18N4OS3. The fraction of sp³-hybridized carbons (Fsp3) is 0.353. The average molecular weight is 391 g/mol. The second-order valence-corrected chi connectivity index (χ2v) is 8.79. The van der Waals surface area contributed by atoms with E-state index in [2.05, 4.69) is 51.7 Å². The van der Waals surface area contributed by atoms with Gasteiger partial charge in [-0.25, -0.2) is 4.98 Å². The van der Waals surface area contributed by atoms with Gasteiger partial charge in [0.2, 0.25) is 5.13 Å². The van der Waals surface area contributed by atoms with E-state index in [-0.39, 0.29) is 0 Å². The lowest BCUT2D eigenvalue weighted by molar-refractivity contribution is 0.122. The molecule has 1 aliphatic heterocycles. The number of nitrogens with zero attached hydrogens (tertiary/aromatic N) is 4. The monoisotopic (exact) mass is 390 g/mol. The molecule has 1 aromatic carbocycles. The molecule has 0 aliphatic carbocycles. The van der Waals surface area contributed by atoms with Crippen LogP contribution < -0.4 is 4.90 Å². The molecule has 0 atom stereocenters. The first-order chi connectivity index (χ1) is 12.3. The Morgan fingerprint density at radius 3 is 2.76 bits per heavy atom. The van der Waals surface area contributed by atoms with Crippen molar-refractivity contribution < 1.29 is 4.74 Å². The van der Waals surface area contributed by atoms with Gasteiger partial charge in [-0.2, -0.15) is 0 Å². The highest BCUT2D eigenvalue weighted by molar-refractivity contribution is 8.00. The van der Waals surface area contributed by atoms with E-state index in [1.165, 1.54) is 11.1 Å². The van der Waals surface area contributed by atoms with Crippen molar-refractivity contribution in [3.8, 4) is 10.6 Å². The lowest BCUT2D eigenvalue weighted by atomic mass is 10.2. The zero-order valence-corrected chi connectivity index (χ0v) is 16.3. The van der Waals surface area contributed by atoms with Crippen molar-refractivity contribution in [2.24, 2.45) is 0 Å². The van der Waals surface area contributed by atoms with Gasteiger partial charge in [-0.05, 0) is 6.92 Å². The standard InChI is InChI=1S/C17H18N4OS3/c1-12-2-4-13(5-3-12)15-18-14(10-23-15)11-24-17-20-19-16(25-17)21-6-8-22-9-7-21/h2-5,10H,6-9,11H2,1H3. The number of benzene rings is 1. The van der Waals surface area contributed by atoms with Gasteiger partial charge in [0.05, 0.1) is 18.9 Å². The van der Waals surface area contributed by atoms with Crippen LogP contribution in [0, 0.1) is 6.92 Å². The summed E-state index contributed by atoms with van der Waals surface area (Å²) in [7, 11) is 0. The number of hydrogen-bond donors (Lipinski definition) is 0. The Morgan fingerprint density at radius 1 is 1.16 bits per heavy atom.